The molecular weight excluding hydrogens is 348 g/mol. The van der Waals surface area contributed by atoms with Crippen molar-refractivity contribution in [3.8, 4) is 11.5 Å². The first-order valence-electron chi connectivity index (χ1n) is 10.2. The first-order chi connectivity index (χ1) is 13.6. The molecule has 1 saturated carbocycles. The van der Waals surface area contributed by atoms with Gasteiger partial charge in [0.2, 0.25) is 0 Å². The van der Waals surface area contributed by atoms with Gasteiger partial charge < -0.3 is 9.84 Å². The molecule has 0 aliphatic heterocycles. The van der Waals surface area contributed by atoms with Gasteiger partial charge in [0, 0.05) is 21.9 Å². The maximum atomic E-state index is 12.9. The summed E-state index contributed by atoms with van der Waals surface area (Å²) < 4.78 is 6.05. The Morgan fingerprint density at radius 2 is 1.86 bits per heavy atom. The van der Waals surface area contributed by atoms with Gasteiger partial charge in [0.1, 0.15) is 11.5 Å². The second-order valence-electron chi connectivity index (χ2n) is 8.25. The van der Waals surface area contributed by atoms with Crippen LogP contribution in [0.15, 0.2) is 48.5 Å². The minimum absolute atomic E-state index is 0.340. The number of benzene rings is 3. The number of hydrogen-bond donors (Lipinski definition) is 1. The maximum Gasteiger partial charge on any atom is 0.343 e. The average Bonchev–Trinajstić information content (AvgIpc) is 3.28. The molecular formula is C25H24O3. The standard InChI is InChI=1S/C25H24O3/c1-3-15-9-10-18-20(12-15)24(28-25(27)16-7-5-4-6-8-16)21-17-11-14(2)19(13-17)22(21)23(18)26/h4-10,12,14,17,19,26H,3,11,13H2,1-2H3. The predicted molar refractivity (Wildman–Crippen MR) is 110 cm³/mol. The highest BCUT2D eigenvalue weighted by Crippen LogP contribution is 2.62. The SMILES string of the molecule is CCc1ccc2c(O)c3c(c(OC(=O)c4ccccc4)c2c1)C1CC(C)C3C1. The molecule has 3 aromatic carbocycles. The number of rotatable bonds is 3. The third kappa shape index (κ3) is 2.46. The first kappa shape index (κ1) is 17.3. The molecule has 0 amide bonds. The van der Waals surface area contributed by atoms with Crippen molar-refractivity contribution in [3.05, 3.63) is 70.8 Å². The van der Waals surface area contributed by atoms with Crippen molar-refractivity contribution < 1.29 is 14.6 Å². The van der Waals surface area contributed by atoms with Crippen molar-refractivity contribution in [2.75, 3.05) is 0 Å². The molecule has 2 aliphatic rings. The van der Waals surface area contributed by atoms with E-state index in [0.717, 1.165) is 41.2 Å². The summed E-state index contributed by atoms with van der Waals surface area (Å²) in [5.74, 6) is 1.96. The largest absolute Gasteiger partial charge is 0.507 e. The average molecular weight is 372 g/mol. The fourth-order valence-corrected chi connectivity index (χ4v) is 5.25. The number of carbonyl (C=O) groups is 1. The van der Waals surface area contributed by atoms with Crippen LogP contribution in [0, 0.1) is 5.92 Å². The Bertz CT molecular complexity index is 1080. The number of fused-ring (bicyclic) bond motifs is 6. The van der Waals surface area contributed by atoms with E-state index in [4.69, 9.17) is 4.74 Å². The van der Waals surface area contributed by atoms with Crippen molar-refractivity contribution in [3.63, 3.8) is 0 Å². The lowest BCUT2D eigenvalue weighted by Gasteiger charge is -2.26. The summed E-state index contributed by atoms with van der Waals surface area (Å²) in [6, 6.07) is 15.2. The van der Waals surface area contributed by atoms with E-state index >= 15 is 0 Å². The van der Waals surface area contributed by atoms with Gasteiger partial charge in [0.15, 0.2) is 0 Å². The third-order valence-electron chi connectivity index (χ3n) is 6.65. The lowest BCUT2D eigenvalue weighted by Crippen LogP contribution is -2.14. The normalized spacial score (nSPS) is 22.4. The topological polar surface area (TPSA) is 46.5 Å². The van der Waals surface area contributed by atoms with Crippen LogP contribution < -0.4 is 4.74 Å². The van der Waals surface area contributed by atoms with Crippen LogP contribution in [0.4, 0.5) is 0 Å². The molecule has 1 N–H and O–H groups in total. The van der Waals surface area contributed by atoms with Gasteiger partial charge in [0.25, 0.3) is 0 Å². The van der Waals surface area contributed by atoms with E-state index in [9.17, 15) is 9.90 Å². The predicted octanol–water partition coefficient (Wildman–Crippen LogP) is 5.94. The second kappa shape index (κ2) is 6.37. The fourth-order valence-electron chi connectivity index (χ4n) is 5.25. The highest BCUT2D eigenvalue weighted by atomic mass is 16.5. The number of esters is 1. The second-order valence-corrected chi connectivity index (χ2v) is 8.25. The summed E-state index contributed by atoms with van der Waals surface area (Å²) in [5.41, 5.74) is 3.78. The smallest absolute Gasteiger partial charge is 0.343 e. The zero-order valence-corrected chi connectivity index (χ0v) is 16.2. The molecule has 0 radical (unpaired) electrons. The molecule has 2 bridgehead atoms. The molecule has 0 heterocycles. The van der Waals surface area contributed by atoms with Crippen LogP contribution in [0.2, 0.25) is 0 Å². The fraction of sp³-hybridized carbons (Fsp3) is 0.320. The van der Waals surface area contributed by atoms with Crippen LogP contribution in [0.25, 0.3) is 10.8 Å². The van der Waals surface area contributed by atoms with Crippen LogP contribution in [0.1, 0.15) is 65.6 Å². The number of ether oxygens (including phenoxy) is 1. The minimum atomic E-state index is -0.340. The Hall–Kier alpha value is -2.81. The zero-order chi connectivity index (χ0) is 19.4. The molecule has 0 aromatic heterocycles. The van der Waals surface area contributed by atoms with Crippen LogP contribution in [-0.2, 0) is 6.42 Å². The van der Waals surface area contributed by atoms with E-state index < -0.39 is 0 Å². The van der Waals surface area contributed by atoms with E-state index in [1.807, 2.05) is 30.3 Å². The summed E-state index contributed by atoms with van der Waals surface area (Å²) in [7, 11) is 0. The Labute approximate surface area is 165 Å². The van der Waals surface area contributed by atoms with Crippen molar-refractivity contribution >= 4 is 16.7 Å². The molecule has 0 saturated heterocycles. The third-order valence-corrected chi connectivity index (χ3v) is 6.65. The molecule has 3 heteroatoms. The van der Waals surface area contributed by atoms with Gasteiger partial charge in [0.05, 0.1) is 5.56 Å². The number of phenolic OH excluding ortho intramolecular Hbond substituents is 1. The minimum Gasteiger partial charge on any atom is -0.507 e. The number of hydrogen-bond acceptors (Lipinski definition) is 3. The van der Waals surface area contributed by atoms with Crippen LogP contribution >= 0.6 is 0 Å². The summed E-state index contributed by atoms with van der Waals surface area (Å²) in [5, 5.41) is 12.7. The Kier molecular flexibility index (Phi) is 3.94. The van der Waals surface area contributed by atoms with Gasteiger partial charge in [-0.2, -0.15) is 0 Å². The van der Waals surface area contributed by atoms with E-state index in [1.165, 1.54) is 5.56 Å². The van der Waals surface area contributed by atoms with Crippen LogP contribution in [0.3, 0.4) is 0 Å². The summed E-state index contributed by atoms with van der Waals surface area (Å²) in [4.78, 5) is 12.9. The van der Waals surface area contributed by atoms with E-state index in [1.54, 1.807) is 12.1 Å². The molecule has 3 nitrogen and oxygen atoms in total. The molecule has 5 rings (SSSR count). The molecule has 1 fully saturated rings. The van der Waals surface area contributed by atoms with Gasteiger partial charge in [-0.1, -0.05) is 44.2 Å². The van der Waals surface area contributed by atoms with Crippen molar-refractivity contribution in [2.45, 2.75) is 44.9 Å². The monoisotopic (exact) mass is 372 g/mol. The zero-order valence-electron chi connectivity index (χ0n) is 16.2. The number of aromatic hydroxyl groups is 1. The number of carbonyl (C=O) groups excluding carboxylic acids is 1. The molecule has 3 unspecified atom stereocenters. The molecule has 0 spiro atoms. The Morgan fingerprint density at radius 1 is 1.07 bits per heavy atom. The summed E-state index contributed by atoms with van der Waals surface area (Å²) >= 11 is 0. The Balaban J connectivity index is 1.74. The van der Waals surface area contributed by atoms with Crippen molar-refractivity contribution in [1.29, 1.82) is 0 Å². The van der Waals surface area contributed by atoms with Crippen molar-refractivity contribution in [2.24, 2.45) is 5.92 Å². The quantitative estimate of drug-likeness (QED) is 0.457. The number of phenols is 1. The molecule has 28 heavy (non-hydrogen) atoms. The van der Waals surface area contributed by atoms with E-state index in [2.05, 4.69) is 19.9 Å². The summed E-state index contributed by atoms with van der Waals surface area (Å²) in [6.45, 7) is 4.36. The summed E-state index contributed by atoms with van der Waals surface area (Å²) in [6.07, 6.45) is 3.02. The maximum absolute atomic E-state index is 12.9. The number of aryl methyl sites for hydroxylation is 1. The van der Waals surface area contributed by atoms with Gasteiger partial charge in [-0.05, 0) is 60.8 Å². The lowest BCUT2D eigenvalue weighted by atomic mass is 9.81. The van der Waals surface area contributed by atoms with Gasteiger partial charge in [-0.3, -0.25) is 0 Å². The molecule has 3 aromatic rings. The first-order valence-corrected chi connectivity index (χ1v) is 10.2. The van der Waals surface area contributed by atoms with E-state index in [0.29, 0.717) is 34.8 Å². The Morgan fingerprint density at radius 3 is 2.61 bits per heavy atom. The van der Waals surface area contributed by atoms with Crippen LogP contribution in [0.5, 0.6) is 11.5 Å². The van der Waals surface area contributed by atoms with Gasteiger partial charge in [-0.15, -0.1) is 0 Å². The van der Waals surface area contributed by atoms with Gasteiger partial charge >= 0.3 is 5.97 Å². The highest BCUT2D eigenvalue weighted by Gasteiger charge is 2.46. The molecule has 2 aliphatic carbocycles. The van der Waals surface area contributed by atoms with Gasteiger partial charge in [-0.25, -0.2) is 4.79 Å². The van der Waals surface area contributed by atoms with Crippen molar-refractivity contribution in [1.82, 2.24) is 0 Å². The lowest BCUT2D eigenvalue weighted by molar-refractivity contribution is 0.0735. The van der Waals surface area contributed by atoms with Crippen LogP contribution in [-0.4, -0.2) is 11.1 Å². The molecule has 3 atom stereocenters. The molecule has 142 valence electrons. The van der Waals surface area contributed by atoms with E-state index in [-0.39, 0.29) is 5.97 Å². The highest BCUT2D eigenvalue weighted by molar-refractivity contribution is 6.00.